The molecule has 0 N–H and O–H groups in total. The van der Waals surface area contributed by atoms with Crippen LogP contribution in [-0.2, 0) is 21.2 Å². The van der Waals surface area contributed by atoms with Crippen molar-refractivity contribution in [1.82, 2.24) is 4.98 Å². The molecule has 0 bridgehead atoms. The van der Waals surface area contributed by atoms with Gasteiger partial charge in [-0.1, -0.05) is 6.07 Å². The minimum absolute atomic E-state index is 0.559. The monoisotopic (exact) mass is 379 g/mol. The Bertz CT molecular complexity index is 873. The smallest absolute Gasteiger partial charge is 0.232 e. The van der Waals surface area contributed by atoms with E-state index in [4.69, 9.17) is 9.72 Å². The number of benzene rings is 1. The number of hydrogen-bond acceptors (Lipinski definition) is 6. The van der Waals surface area contributed by atoms with E-state index in [1.165, 1.54) is 10.6 Å². The summed E-state index contributed by atoms with van der Waals surface area (Å²) in [5, 5.41) is 3.10. The van der Waals surface area contributed by atoms with Crippen LogP contribution in [-0.4, -0.2) is 52.5 Å². The predicted molar refractivity (Wildman–Crippen MR) is 101 cm³/mol. The van der Waals surface area contributed by atoms with Gasteiger partial charge in [-0.2, -0.15) is 0 Å². The van der Waals surface area contributed by atoms with Crippen LogP contribution in [0.3, 0.4) is 0 Å². The van der Waals surface area contributed by atoms with E-state index in [2.05, 4.69) is 16.3 Å². The van der Waals surface area contributed by atoms with Crippen molar-refractivity contribution in [1.29, 1.82) is 0 Å². The van der Waals surface area contributed by atoms with E-state index in [-0.39, 0.29) is 0 Å². The Labute approximate surface area is 152 Å². The third-order valence-electron chi connectivity index (χ3n) is 4.63. The summed E-state index contributed by atoms with van der Waals surface area (Å²) in [6.07, 6.45) is 3.01. The van der Waals surface area contributed by atoms with E-state index in [1.807, 2.05) is 12.1 Å². The van der Waals surface area contributed by atoms with Crippen molar-refractivity contribution in [2.45, 2.75) is 12.8 Å². The Balaban J connectivity index is 1.63. The first-order valence-electron chi connectivity index (χ1n) is 8.41. The van der Waals surface area contributed by atoms with Gasteiger partial charge in [0.05, 0.1) is 30.9 Å². The van der Waals surface area contributed by atoms with Crippen molar-refractivity contribution in [2.75, 3.05) is 48.3 Å². The summed E-state index contributed by atoms with van der Waals surface area (Å²) in [7, 11) is -3.23. The SMILES string of the molecule is CS(=O)(=O)N1CCCc2cc(-c3csc(N4CCOCC4)n3)ccc21. The Hall–Kier alpha value is -1.64. The number of nitrogens with zero attached hydrogens (tertiary/aromatic N) is 3. The second-order valence-corrected chi connectivity index (χ2v) is 9.14. The molecule has 8 heteroatoms. The third kappa shape index (κ3) is 3.38. The Morgan fingerprint density at radius 1 is 1.20 bits per heavy atom. The van der Waals surface area contributed by atoms with Gasteiger partial charge in [-0.15, -0.1) is 11.3 Å². The van der Waals surface area contributed by atoms with Crippen LogP contribution in [0.15, 0.2) is 23.6 Å². The lowest BCUT2D eigenvalue weighted by Gasteiger charge is -2.29. The van der Waals surface area contributed by atoms with Crippen molar-refractivity contribution < 1.29 is 13.2 Å². The summed E-state index contributed by atoms with van der Waals surface area (Å²) in [4.78, 5) is 7.03. The number of anilines is 2. The predicted octanol–water partition coefficient (Wildman–Crippen LogP) is 2.36. The van der Waals surface area contributed by atoms with Gasteiger partial charge in [0.25, 0.3) is 0 Å². The van der Waals surface area contributed by atoms with E-state index >= 15 is 0 Å². The van der Waals surface area contributed by atoms with E-state index in [1.54, 1.807) is 11.3 Å². The lowest BCUT2D eigenvalue weighted by molar-refractivity contribution is 0.122. The minimum Gasteiger partial charge on any atom is -0.378 e. The molecule has 2 aromatic rings. The highest BCUT2D eigenvalue weighted by Gasteiger charge is 2.24. The topological polar surface area (TPSA) is 62.7 Å². The fraction of sp³-hybridized carbons (Fsp3) is 0.471. The lowest BCUT2D eigenvalue weighted by Crippen LogP contribution is -2.36. The van der Waals surface area contributed by atoms with Gasteiger partial charge in [0.1, 0.15) is 0 Å². The van der Waals surface area contributed by atoms with E-state index in [9.17, 15) is 8.42 Å². The summed E-state index contributed by atoms with van der Waals surface area (Å²) < 4.78 is 30.9. The lowest BCUT2D eigenvalue weighted by atomic mass is 10.00. The Morgan fingerprint density at radius 2 is 2.00 bits per heavy atom. The second kappa shape index (κ2) is 6.59. The van der Waals surface area contributed by atoms with Crippen LogP contribution < -0.4 is 9.21 Å². The van der Waals surface area contributed by atoms with Crippen LogP contribution in [0.25, 0.3) is 11.3 Å². The number of morpholine rings is 1. The zero-order valence-corrected chi connectivity index (χ0v) is 15.8. The van der Waals surface area contributed by atoms with Crippen LogP contribution in [0.2, 0.25) is 0 Å². The molecule has 0 unspecified atom stereocenters. The van der Waals surface area contributed by atoms with Gasteiger partial charge in [0, 0.05) is 30.6 Å². The minimum atomic E-state index is -3.23. The number of thiazole rings is 1. The molecule has 25 heavy (non-hydrogen) atoms. The molecule has 2 aliphatic heterocycles. The molecule has 2 aliphatic rings. The van der Waals surface area contributed by atoms with Crippen LogP contribution in [0.4, 0.5) is 10.8 Å². The Kier molecular flexibility index (Phi) is 4.43. The van der Waals surface area contributed by atoms with Gasteiger partial charge in [-0.05, 0) is 30.5 Å². The molecule has 1 aromatic heterocycles. The molecule has 1 saturated heterocycles. The third-order valence-corrected chi connectivity index (χ3v) is 6.71. The molecule has 6 nitrogen and oxygen atoms in total. The van der Waals surface area contributed by atoms with Gasteiger partial charge >= 0.3 is 0 Å². The summed E-state index contributed by atoms with van der Waals surface area (Å²) >= 11 is 1.65. The molecule has 4 rings (SSSR count). The van der Waals surface area contributed by atoms with Crippen molar-refractivity contribution in [3.05, 3.63) is 29.1 Å². The van der Waals surface area contributed by atoms with Crippen molar-refractivity contribution in [3.8, 4) is 11.3 Å². The van der Waals surface area contributed by atoms with Crippen LogP contribution in [0.1, 0.15) is 12.0 Å². The molecule has 0 spiro atoms. The number of aromatic nitrogens is 1. The fourth-order valence-corrected chi connectivity index (χ4v) is 5.25. The molecular formula is C17H21N3O3S2. The first-order chi connectivity index (χ1) is 12.0. The standard InChI is InChI=1S/C17H21N3O3S2/c1-25(21,22)20-6-2-3-14-11-13(4-5-16(14)20)15-12-24-17(18-15)19-7-9-23-10-8-19/h4-5,11-12H,2-3,6-10H2,1H3. The average molecular weight is 380 g/mol. The normalized spacial score (nSPS) is 18.3. The highest BCUT2D eigenvalue weighted by molar-refractivity contribution is 7.92. The molecule has 0 radical (unpaired) electrons. The van der Waals surface area contributed by atoms with Gasteiger partial charge in [0.2, 0.25) is 10.0 Å². The van der Waals surface area contributed by atoms with Crippen molar-refractivity contribution in [3.63, 3.8) is 0 Å². The average Bonchev–Trinajstić information content (AvgIpc) is 3.11. The highest BCUT2D eigenvalue weighted by atomic mass is 32.2. The highest BCUT2D eigenvalue weighted by Crippen LogP contribution is 2.34. The summed E-state index contributed by atoms with van der Waals surface area (Å²) in [6.45, 7) is 3.80. The molecule has 3 heterocycles. The molecule has 0 atom stereocenters. The zero-order chi connectivity index (χ0) is 17.4. The molecule has 134 valence electrons. The van der Waals surface area contributed by atoms with Crippen molar-refractivity contribution >= 4 is 32.2 Å². The van der Waals surface area contributed by atoms with E-state index in [0.717, 1.165) is 66.8 Å². The van der Waals surface area contributed by atoms with Gasteiger partial charge in [-0.3, -0.25) is 4.31 Å². The van der Waals surface area contributed by atoms with E-state index in [0.29, 0.717) is 6.54 Å². The first kappa shape index (κ1) is 16.8. The second-order valence-electron chi connectivity index (χ2n) is 6.40. The molecular weight excluding hydrogens is 358 g/mol. The molecule has 0 saturated carbocycles. The largest absolute Gasteiger partial charge is 0.378 e. The van der Waals surface area contributed by atoms with Crippen molar-refractivity contribution in [2.24, 2.45) is 0 Å². The maximum atomic E-state index is 12.0. The summed E-state index contributed by atoms with van der Waals surface area (Å²) in [5.41, 5.74) is 3.88. The molecule has 1 aromatic carbocycles. The molecule has 1 fully saturated rings. The number of ether oxygens (including phenoxy) is 1. The summed E-state index contributed by atoms with van der Waals surface area (Å²) in [6, 6.07) is 5.98. The van der Waals surface area contributed by atoms with Gasteiger partial charge < -0.3 is 9.64 Å². The van der Waals surface area contributed by atoms with E-state index < -0.39 is 10.0 Å². The van der Waals surface area contributed by atoms with Crippen LogP contribution >= 0.6 is 11.3 Å². The molecule has 0 aliphatic carbocycles. The van der Waals surface area contributed by atoms with Crippen LogP contribution in [0.5, 0.6) is 0 Å². The summed E-state index contributed by atoms with van der Waals surface area (Å²) in [5.74, 6) is 0. The maximum absolute atomic E-state index is 12.0. The fourth-order valence-electron chi connectivity index (χ4n) is 3.36. The number of sulfonamides is 1. The number of fused-ring (bicyclic) bond motifs is 1. The van der Waals surface area contributed by atoms with Gasteiger partial charge in [0.15, 0.2) is 5.13 Å². The zero-order valence-electron chi connectivity index (χ0n) is 14.1. The molecule has 0 amide bonds. The maximum Gasteiger partial charge on any atom is 0.232 e. The first-order valence-corrected chi connectivity index (χ1v) is 11.1. The number of aryl methyl sites for hydroxylation is 1. The quantitative estimate of drug-likeness (QED) is 0.819. The van der Waals surface area contributed by atoms with Gasteiger partial charge in [-0.25, -0.2) is 13.4 Å². The number of rotatable bonds is 3. The Morgan fingerprint density at radius 3 is 2.76 bits per heavy atom. The van der Waals surface area contributed by atoms with Crippen LogP contribution in [0, 0.1) is 0 Å². The number of hydrogen-bond donors (Lipinski definition) is 0.